The normalized spacial score (nSPS) is 25.9. The van der Waals surface area contributed by atoms with Crippen molar-refractivity contribution < 1.29 is 9.18 Å². The van der Waals surface area contributed by atoms with Gasteiger partial charge in [-0.3, -0.25) is 4.79 Å². The maximum atomic E-state index is 13.2. The molecule has 1 saturated carbocycles. The van der Waals surface area contributed by atoms with Gasteiger partial charge in [-0.1, -0.05) is 36.7 Å². The van der Waals surface area contributed by atoms with Crippen molar-refractivity contribution in [2.45, 2.75) is 50.7 Å². The second-order valence-corrected chi connectivity index (χ2v) is 8.46. The minimum atomic E-state index is -0.219. The minimum Gasteiger partial charge on any atom is -0.341 e. The van der Waals surface area contributed by atoms with E-state index < -0.39 is 0 Å². The van der Waals surface area contributed by atoms with E-state index in [1.807, 2.05) is 17.0 Å². The lowest BCUT2D eigenvalue weighted by Crippen LogP contribution is -2.47. The van der Waals surface area contributed by atoms with Crippen LogP contribution in [-0.2, 0) is 11.3 Å². The largest absolute Gasteiger partial charge is 0.341 e. The minimum absolute atomic E-state index is 0.00258. The molecular formula is C20H26FN3OS. The van der Waals surface area contributed by atoms with Crippen LogP contribution in [-0.4, -0.2) is 40.3 Å². The smallest absolute Gasteiger partial charge is 0.242 e. The third-order valence-corrected chi connectivity index (χ3v) is 6.72. The van der Waals surface area contributed by atoms with Crippen LogP contribution in [0.25, 0.3) is 0 Å². The summed E-state index contributed by atoms with van der Waals surface area (Å²) in [5.74, 6) is 0.882. The molecule has 0 aromatic heterocycles. The van der Waals surface area contributed by atoms with Crippen LogP contribution >= 0.6 is 11.8 Å². The van der Waals surface area contributed by atoms with E-state index in [1.165, 1.54) is 31.4 Å². The Balaban J connectivity index is 1.37. The summed E-state index contributed by atoms with van der Waals surface area (Å²) in [4.78, 5) is 17.1. The first-order valence-electron chi connectivity index (χ1n) is 9.49. The van der Waals surface area contributed by atoms with Crippen molar-refractivity contribution in [3.05, 3.63) is 46.8 Å². The molecule has 1 amide bonds. The van der Waals surface area contributed by atoms with Crippen molar-refractivity contribution in [1.82, 2.24) is 15.1 Å². The molecule has 140 valence electrons. The standard InChI is InChI=1S/C20H26FN3OS/c1-14-13-26-20(24(14)12-16-4-6-17(21)7-5-16)23-11-9-18(19(23)25)22-10-8-15-2-3-15/h4-7,13,15,18,20,22H,2-3,8-12H2,1H3. The van der Waals surface area contributed by atoms with Crippen molar-refractivity contribution in [2.24, 2.45) is 5.92 Å². The van der Waals surface area contributed by atoms with E-state index >= 15 is 0 Å². The number of hydrogen-bond donors (Lipinski definition) is 1. The third-order valence-electron chi connectivity index (χ3n) is 5.49. The van der Waals surface area contributed by atoms with E-state index in [2.05, 4.69) is 22.5 Å². The number of halogens is 1. The predicted octanol–water partition coefficient (Wildman–Crippen LogP) is 3.51. The molecule has 2 atom stereocenters. The first kappa shape index (κ1) is 17.9. The molecule has 2 aliphatic heterocycles. The molecule has 4 rings (SSSR count). The SMILES string of the molecule is CC1=CSC(N2CCC(NCCC3CC3)C2=O)N1Cc1ccc(F)cc1. The van der Waals surface area contributed by atoms with Gasteiger partial charge in [-0.05, 0) is 55.3 Å². The second-order valence-electron chi connectivity index (χ2n) is 7.54. The number of likely N-dealkylation sites (tertiary alicyclic amines) is 1. The van der Waals surface area contributed by atoms with Crippen molar-refractivity contribution in [3.8, 4) is 0 Å². The molecule has 2 fully saturated rings. The van der Waals surface area contributed by atoms with Gasteiger partial charge in [-0.15, -0.1) is 0 Å². The van der Waals surface area contributed by atoms with Crippen molar-refractivity contribution in [1.29, 1.82) is 0 Å². The molecular weight excluding hydrogens is 349 g/mol. The van der Waals surface area contributed by atoms with Gasteiger partial charge in [0.25, 0.3) is 0 Å². The maximum absolute atomic E-state index is 13.2. The molecule has 0 spiro atoms. The van der Waals surface area contributed by atoms with Crippen molar-refractivity contribution in [3.63, 3.8) is 0 Å². The van der Waals surface area contributed by atoms with Gasteiger partial charge in [0.1, 0.15) is 5.82 Å². The number of rotatable bonds is 7. The molecule has 2 heterocycles. The fourth-order valence-electron chi connectivity index (χ4n) is 3.68. The van der Waals surface area contributed by atoms with Gasteiger partial charge in [0.15, 0.2) is 5.50 Å². The monoisotopic (exact) mass is 375 g/mol. The molecule has 6 heteroatoms. The summed E-state index contributed by atoms with van der Waals surface area (Å²) in [6, 6.07) is 6.58. The summed E-state index contributed by atoms with van der Waals surface area (Å²) in [6.07, 6.45) is 4.78. The molecule has 26 heavy (non-hydrogen) atoms. The molecule has 0 bridgehead atoms. The predicted molar refractivity (Wildman–Crippen MR) is 103 cm³/mol. The Bertz CT molecular complexity index is 689. The summed E-state index contributed by atoms with van der Waals surface area (Å²) >= 11 is 1.69. The molecule has 0 radical (unpaired) electrons. The number of nitrogens with one attached hydrogen (secondary N) is 1. The van der Waals surface area contributed by atoms with E-state index in [4.69, 9.17) is 0 Å². The number of carbonyl (C=O) groups excluding carboxylic acids is 1. The molecule has 1 aliphatic carbocycles. The summed E-state index contributed by atoms with van der Waals surface area (Å²) in [6.45, 7) is 4.49. The number of amides is 1. The van der Waals surface area contributed by atoms with Crippen LogP contribution in [0.15, 0.2) is 35.4 Å². The van der Waals surface area contributed by atoms with Gasteiger partial charge in [0.05, 0.1) is 6.04 Å². The Labute approximate surface area is 158 Å². The van der Waals surface area contributed by atoms with Crippen LogP contribution < -0.4 is 5.32 Å². The summed E-state index contributed by atoms with van der Waals surface area (Å²) < 4.78 is 13.2. The van der Waals surface area contributed by atoms with Gasteiger partial charge >= 0.3 is 0 Å². The van der Waals surface area contributed by atoms with Crippen molar-refractivity contribution in [2.75, 3.05) is 13.1 Å². The number of hydrogen-bond acceptors (Lipinski definition) is 4. The van der Waals surface area contributed by atoms with Crippen LogP contribution in [0.4, 0.5) is 4.39 Å². The summed E-state index contributed by atoms with van der Waals surface area (Å²) in [7, 11) is 0. The molecule has 4 nitrogen and oxygen atoms in total. The average Bonchev–Trinajstić information content (AvgIpc) is 3.30. The topological polar surface area (TPSA) is 35.6 Å². The molecule has 1 N–H and O–H groups in total. The zero-order chi connectivity index (χ0) is 18.1. The number of allylic oxidation sites excluding steroid dienone is 1. The van der Waals surface area contributed by atoms with E-state index in [0.717, 1.165) is 36.7 Å². The molecule has 1 saturated heterocycles. The Morgan fingerprint density at radius 2 is 2.00 bits per heavy atom. The highest BCUT2D eigenvalue weighted by Gasteiger charge is 2.40. The fourth-order valence-corrected chi connectivity index (χ4v) is 4.88. The van der Waals surface area contributed by atoms with E-state index in [9.17, 15) is 9.18 Å². The number of nitrogens with zero attached hydrogens (tertiary/aromatic N) is 2. The van der Waals surface area contributed by atoms with E-state index in [0.29, 0.717) is 6.54 Å². The first-order chi connectivity index (χ1) is 12.6. The first-order valence-corrected chi connectivity index (χ1v) is 10.4. The zero-order valence-corrected chi connectivity index (χ0v) is 16.0. The Hall–Kier alpha value is -1.53. The Morgan fingerprint density at radius 1 is 1.23 bits per heavy atom. The molecule has 3 aliphatic rings. The lowest BCUT2D eigenvalue weighted by molar-refractivity contribution is -0.131. The third kappa shape index (κ3) is 3.91. The fraction of sp³-hybridized carbons (Fsp3) is 0.550. The van der Waals surface area contributed by atoms with Crippen LogP contribution in [0.2, 0.25) is 0 Å². The van der Waals surface area contributed by atoms with Crippen LogP contribution in [0, 0.1) is 11.7 Å². The number of carbonyl (C=O) groups is 1. The lowest BCUT2D eigenvalue weighted by Gasteiger charge is -2.34. The van der Waals surface area contributed by atoms with Crippen LogP contribution in [0.3, 0.4) is 0 Å². The highest BCUT2D eigenvalue weighted by molar-refractivity contribution is 8.02. The van der Waals surface area contributed by atoms with Gasteiger partial charge in [0, 0.05) is 18.8 Å². The summed E-state index contributed by atoms with van der Waals surface area (Å²) in [5, 5.41) is 5.58. The highest BCUT2D eigenvalue weighted by Crippen LogP contribution is 2.36. The Kier molecular flexibility index (Phi) is 5.23. The molecule has 1 aromatic rings. The van der Waals surface area contributed by atoms with Gasteiger partial charge in [-0.2, -0.15) is 0 Å². The van der Waals surface area contributed by atoms with Crippen LogP contribution in [0.5, 0.6) is 0 Å². The average molecular weight is 376 g/mol. The second kappa shape index (κ2) is 7.61. The number of thioether (sulfide) groups is 1. The maximum Gasteiger partial charge on any atom is 0.242 e. The van der Waals surface area contributed by atoms with Crippen molar-refractivity contribution >= 4 is 17.7 Å². The van der Waals surface area contributed by atoms with Crippen LogP contribution in [0.1, 0.15) is 38.2 Å². The van der Waals surface area contributed by atoms with E-state index in [-0.39, 0.29) is 23.3 Å². The highest BCUT2D eigenvalue weighted by atomic mass is 32.2. The van der Waals surface area contributed by atoms with Gasteiger partial charge in [-0.25, -0.2) is 4.39 Å². The number of benzene rings is 1. The van der Waals surface area contributed by atoms with Gasteiger partial charge < -0.3 is 15.1 Å². The van der Waals surface area contributed by atoms with Gasteiger partial charge in [0.2, 0.25) is 5.91 Å². The molecule has 1 aromatic carbocycles. The quantitative estimate of drug-likeness (QED) is 0.791. The van der Waals surface area contributed by atoms with E-state index in [1.54, 1.807) is 11.8 Å². The zero-order valence-electron chi connectivity index (χ0n) is 15.2. The Morgan fingerprint density at radius 3 is 2.73 bits per heavy atom. The summed E-state index contributed by atoms with van der Waals surface area (Å²) in [5.41, 5.74) is 2.21. The molecule has 2 unspecified atom stereocenters. The lowest BCUT2D eigenvalue weighted by atomic mass is 10.2.